The Morgan fingerprint density at radius 1 is 1.50 bits per heavy atom. The van der Waals surface area contributed by atoms with Crippen molar-refractivity contribution in [2.75, 3.05) is 11.9 Å². The molecule has 0 aromatic carbocycles. The summed E-state index contributed by atoms with van der Waals surface area (Å²) in [6.07, 6.45) is 6.75. The predicted octanol–water partition coefficient (Wildman–Crippen LogP) is 3.55. The van der Waals surface area contributed by atoms with E-state index < -0.39 is 0 Å². The standard InChI is InChI=1S/C13H14BrClN2O/c14-9-5-16-12-10(11(9)15)13(7-17-12)3-1-8(6-18)2-4-13/h5-6,8H,1-4,7H2,(H,16,17). The molecule has 18 heavy (non-hydrogen) atoms. The van der Waals surface area contributed by atoms with Crippen LogP contribution in [0.1, 0.15) is 31.2 Å². The molecule has 1 fully saturated rings. The van der Waals surface area contributed by atoms with Crippen LogP contribution in [0.15, 0.2) is 10.7 Å². The maximum atomic E-state index is 10.9. The minimum atomic E-state index is 0.0721. The number of fused-ring (bicyclic) bond motifs is 2. The van der Waals surface area contributed by atoms with Crippen molar-refractivity contribution in [3.05, 3.63) is 21.3 Å². The highest BCUT2D eigenvalue weighted by Gasteiger charge is 2.44. The fourth-order valence-corrected chi connectivity index (χ4v) is 3.82. The van der Waals surface area contributed by atoms with Crippen LogP contribution in [0.3, 0.4) is 0 Å². The Bertz CT molecular complexity index is 498. The first-order chi connectivity index (χ1) is 8.66. The number of pyridine rings is 1. The van der Waals surface area contributed by atoms with Gasteiger partial charge in [0, 0.05) is 29.6 Å². The highest BCUT2D eigenvalue weighted by Crippen LogP contribution is 2.50. The number of aldehydes is 1. The van der Waals surface area contributed by atoms with E-state index in [1.807, 2.05) is 0 Å². The molecule has 3 nitrogen and oxygen atoms in total. The number of aromatic nitrogens is 1. The van der Waals surface area contributed by atoms with Crippen molar-refractivity contribution in [1.29, 1.82) is 0 Å². The quantitative estimate of drug-likeness (QED) is 0.801. The molecule has 0 amide bonds. The van der Waals surface area contributed by atoms with Gasteiger partial charge in [-0.1, -0.05) is 11.6 Å². The molecule has 0 unspecified atom stereocenters. The Morgan fingerprint density at radius 2 is 2.22 bits per heavy atom. The van der Waals surface area contributed by atoms with Gasteiger partial charge in [-0.15, -0.1) is 0 Å². The van der Waals surface area contributed by atoms with Gasteiger partial charge in [-0.25, -0.2) is 4.98 Å². The predicted molar refractivity (Wildman–Crippen MR) is 75.1 cm³/mol. The molecule has 1 aromatic rings. The van der Waals surface area contributed by atoms with E-state index in [-0.39, 0.29) is 11.3 Å². The zero-order valence-corrected chi connectivity index (χ0v) is 12.2. The molecule has 1 aliphatic carbocycles. The molecule has 5 heteroatoms. The van der Waals surface area contributed by atoms with E-state index in [9.17, 15) is 4.79 Å². The zero-order chi connectivity index (χ0) is 12.8. The number of anilines is 1. The highest BCUT2D eigenvalue weighted by molar-refractivity contribution is 9.10. The summed E-state index contributed by atoms with van der Waals surface area (Å²) in [7, 11) is 0. The largest absolute Gasteiger partial charge is 0.369 e. The molecular formula is C13H14BrClN2O. The molecule has 1 N–H and O–H groups in total. The minimum absolute atomic E-state index is 0.0721. The molecule has 1 aliphatic heterocycles. The molecule has 1 spiro atoms. The van der Waals surface area contributed by atoms with Gasteiger partial charge in [-0.2, -0.15) is 0 Å². The molecule has 0 saturated heterocycles. The number of carbonyl (C=O) groups excluding carboxylic acids is 1. The maximum absolute atomic E-state index is 10.9. The number of carbonyl (C=O) groups is 1. The first-order valence-electron chi connectivity index (χ1n) is 6.20. The van der Waals surface area contributed by atoms with Crippen LogP contribution in [0.25, 0.3) is 0 Å². The van der Waals surface area contributed by atoms with Gasteiger partial charge in [-0.3, -0.25) is 0 Å². The highest BCUT2D eigenvalue weighted by atomic mass is 79.9. The molecule has 2 aliphatic rings. The molecule has 0 radical (unpaired) electrons. The average Bonchev–Trinajstić information content (AvgIpc) is 2.75. The number of nitrogens with zero attached hydrogens (tertiary/aromatic N) is 1. The lowest BCUT2D eigenvalue weighted by atomic mass is 9.68. The monoisotopic (exact) mass is 328 g/mol. The van der Waals surface area contributed by atoms with Crippen molar-refractivity contribution < 1.29 is 4.79 Å². The van der Waals surface area contributed by atoms with Crippen LogP contribution in [0.4, 0.5) is 5.82 Å². The zero-order valence-electron chi connectivity index (χ0n) is 9.88. The SMILES string of the molecule is O=CC1CCC2(CC1)CNc1ncc(Br)c(Cl)c12. The van der Waals surface area contributed by atoms with Crippen molar-refractivity contribution in [3.63, 3.8) is 0 Å². The van der Waals surface area contributed by atoms with Crippen LogP contribution in [0.2, 0.25) is 5.02 Å². The molecule has 3 rings (SSSR count). The molecule has 0 atom stereocenters. The number of nitrogens with one attached hydrogen (secondary N) is 1. The second kappa shape index (κ2) is 4.49. The molecule has 96 valence electrons. The van der Waals surface area contributed by atoms with E-state index in [2.05, 4.69) is 26.2 Å². The van der Waals surface area contributed by atoms with E-state index in [0.29, 0.717) is 0 Å². The van der Waals surface area contributed by atoms with Crippen LogP contribution in [-0.2, 0) is 10.2 Å². The fraction of sp³-hybridized carbons (Fsp3) is 0.538. The van der Waals surface area contributed by atoms with Gasteiger partial charge < -0.3 is 10.1 Å². The lowest BCUT2D eigenvalue weighted by Crippen LogP contribution is -2.34. The summed E-state index contributed by atoms with van der Waals surface area (Å²) in [4.78, 5) is 15.3. The third kappa shape index (κ3) is 1.77. The van der Waals surface area contributed by atoms with Crippen LogP contribution < -0.4 is 5.32 Å². The van der Waals surface area contributed by atoms with Crippen LogP contribution in [0.5, 0.6) is 0 Å². The summed E-state index contributed by atoms with van der Waals surface area (Å²) in [5.74, 6) is 1.13. The number of hydrogen-bond donors (Lipinski definition) is 1. The van der Waals surface area contributed by atoms with Crippen LogP contribution >= 0.6 is 27.5 Å². The minimum Gasteiger partial charge on any atom is -0.369 e. The number of hydrogen-bond acceptors (Lipinski definition) is 3. The topological polar surface area (TPSA) is 42.0 Å². The second-order valence-corrected chi connectivity index (χ2v) is 6.48. The van der Waals surface area contributed by atoms with Gasteiger partial charge in [-0.05, 0) is 41.6 Å². The Morgan fingerprint density at radius 3 is 2.89 bits per heavy atom. The molecule has 1 aromatic heterocycles. The van der Waals surface area contributed by atoms with Crippen molar-refractivity contribution in [2.45, 2.75) is 31.1 Å². The van der Waals surface area contributed by atoms with Gasteiger partial charge in [0.1, 0.15) is 12.1 Å². The Labute approximate surface area is 119 Å². The third-order valence-electron chi connectivity index (χ3n) is 4.28. The summed E-state index contributed by atoms with van der Waals surface area (Å²) in [5, 5.41) is 4.13. The smallest absolute Gasteiger partial charge is 0.131 e. The van der Waals surface area contributed by atoms with E-state index >= 15 is 0 Å². The van der Waals surface area contributed by atoms with Gasteiger partial charge in [0.15, 0.2) is 0 Å². The lowest BCUT2D eigenvalue weighted by Gasteiger charge is -2.36. The van der Waals surface area contributed by atoms with Crippen molar-refractivity contribution in [2.24, 2.45) is 5.92 Å². The third-order valence-corrected chi connectivity index (χ3v) is 5.50. The molecule has 1 saturated carbocycles. The Kier molecular flexibility index (Phi) is 3.10. The maximum Gasteiger partial charge on any atom is 0.131 e. The van der Waals surface area contributed by atoms with Gasteiger partial charge in [0.2, 0.25) is 0 Å². The molecular weight excluding hydrogens is 316 g/mol. The summed E-state index contributed by atoms with van der Waals surface area (Å²) in [6.45, 7) is 0.886. The van der Waals surface area contributed by atoms with E-state index in [1.54, 1.807) is 6.20 Å². The van der Waals surface area contributed by atoms with Crippen LogP contribution in [0, 0.1) is 5.92 Å². The average molecular weight is 330 g/mol. The summed E-state index contributed by atoms with van der Waals surface area (Å²) < 4.78 is 0.850. The van der Waals surface area contributed by atoms with Gasteiger partial charge in [0.05, 0.1) is 9.50 Å². The second-order valence-electron chi connectivity index (χ2n) is 5.25. The van der Waals surface area contributed by atoms with Crippen molar-refractivity contribution in [1.82, 2.24) is 4.98 Å². The number of halogens is 2. The Hall–Kier alpha value is -0.610. The van der Waals surface area contributed by atoms with E-state index in [1.165, 1.54) is 0 Å². The number of rotatable bonds is 1. The normalized spacial score (nSPS) is 30.0. The first kappa shape index (κ1) is 12.4. The van der Waals surface area contributed by atoms with Gasteiger partial charge in [0.25, 0.3) is 0 Å². The summed E-state index contributed by atoms with van der Waals surface area (Å²) in [5.41, 5.74) is 1.21. The van der Waals surface area contributed by atoms with E-state index in [0.717, 1.165) is 59.4 Å². The first-order valence-corrected chi connectivity index (χ1v) is 7.37. The Balaban J connectivity index is 1.99. The van der Waals surface area contributed by atoms with Crippen LogP contribution in [-0.4, -0.2) is 17.8 Å². The van der Waals surface area contributed by atoms with E-state index in [4.69, 9.17) is 11.6 Å². The summed E-state index contributed by atoms with van der Waals surface area (Å²) >= 11 is 9.88. The molecule has 0 bridgehead atoms. The van der Waals surface area contributed by atoms with Gasteiger partial charge >= 0.3 is 0 Å². The van der Waals surface area contributed by atoms with Crippen molar-refractivity contribution >= 4 is 39.6 Å². The lowest BCUT2D eigenvalue weighted by molar-refractivity contribution is -0.112. The fourth-order valence-electron chi connectivity index (χ4n) is 3.18. The summed E-state index contributed by atoms with van der Waals surface area (Å²) in [6, 6.07) is 0. The molecule has 2 heterocycles. The van der Waals surface area contributed by atoms with Crippen molar-refractivity contribution in [3.8, 4) is 0 Å².